The molecule has 0 saturated carbocycles. The van der Waals surface area contributed by atoms with E-state index in [0.717, 1.165) is 16.7 Å². The van der Waals surface area contributed by atoms with E-state index in [0.29, 0.717) is 16.9 Å². The van der Waals surface area contributed by atoms with Gasteiger partial charge in [0.25, 0.3) is 0 Å². The first-order valence-corrected chi connectivity index (χ1v) is 5.96. The Bertz CT molecular complexity index is 643. The summed E-state index contributed by atoms with van der Waals surface area (Å²) in [6, 6.07) is 11.2. The number of rotatable bonds is 3. The Morgan fingerprint density at radius 2 is 1.74 bits per heavy atom. The summed E-state index contributed by atoms with van der Waals surface area (Å²) in [4.78, 5) is 11.9. The lowest BCUT2D eigenvalue weighted by atomic mass is 9.93. The Kier molecular flexibility index (Phi) is 3.38. The van der Waals surface area contributed by atoms with Crippen LogP contribution in [-0.2, 0) is 0 Å². The summed E-state index contributed by atoms with van der Waals surface area (Å²) in [6.07, 6.45) is 1.28. The van der Waals surface area contributed by atoms with E-state index in [9.17, 15) is 4.79 Å². The van der Waals surface area contributed by atoms with Crippen LogP contribution in [-0.4, -0.2) is 5.78 Å². The summed E-state index contributed by atoms with van der Waals surface area (Å²) in [5.41, 5.74) is 16.1. The second kappa shape index (κ2) is 4.98. The average Bonchev–Trinajstić information content (AvgIpc) is 2.40. The Morgan fingerprint density at radius 1 is 1.11 bits per heavy atom. The van der Waals surface area contributed by atoms with E-state index in [1.54, 1.807) is 6.07 Å². The molecule has 0 aromatic heterocycles. The normalized spacial score (nSPS) is 10.2. The van der Waals surface area contributed by atoms with Gasteiger partial charge in [0.2, 0.25) is 0 Å². The van der Waals surface area contributed by atoms with Gasteiger partial charge in [0.15, 0.2) is 5.78 Å². The molecule has 3 heteroatoms. The third-order valence-electron chi connectivity index (χ3n) is 3.15. The van der Waals surface area contributed by atoms with Crippen molar-refractivity contribution in [1.29, 1.82) is 0 Å². The summed E-state index contributed by atoms with van der Waals surface area (Å²) in [7, 11) is 0. The van der Waals surface area contributed by atoms with Crippen LogP contribution in [0.5, 0.6) is 0 Å². The largest absolute Gasteiger partial charge is 0.399 e. The molecule has 0 aliphatic carbocycles. The highest BCUT2D eigenvalue weighted by Crippen LogP contribution is 2.30. The fourth-order valence-corrected chi connectivity index (χ4v) is 2.14. The van der Waals surface area contributed by atoms with Gasteiger partial charge in [0, 0.05) is 16.9 Å². The molecule has 0 saturated heterocycles. The van der Waals surface area contributed by atoms with Crippen molar-refractivity contribution in [3.8, 4) is 11.1 Å². The summed E-state index contributed by atoms with van der Waals surface area (Å²) >= 11 is 0. The molecule has 0 heterocycles. The molecule has 3 nitrogen and oxygen atoms in total. The van der Waals surface area contributed by atoms with Crippen molar-refractivity contribution >= 4 is 17.2 Å². The fraction of sp³-hybridized carbons (Fsp3) is 0.0625. The number of hydrogen-bond donors (Lipinski definition) is 2. The van der Waals surface area contributed by atoms with Crippen LogP contribution in [0.25, 0.3) is 11.1 Å². The number of anilines is 2. The van der Waals surface area contributed by atoms with Crippen LogP contribution >= 0.6 is 0 Å². The third-order valence-corrected chi connectivity index (χ3v) is 3.15. The molecule has 0 spiro atoms. The molecule has 2 rings (SSSR count). The Balaban J connectivity index is 2.63. The number of carbonyl (C=O) groups excluding carboxylic acids is 1. The van der Waals surface area contributed by atoms with E-state index < -0.39 is 0 Å². The van der Waals surface area contributed by atoms with Crippen molar-refractivity contribution in [2.75, 3.05) is 11.5 Å². The molecule has 0 amide bonds. The Labute approximate surface area is 112 Å². The molecule has 19 heavy (non-hydrogen) atoms. The van der Waals surface area contributed by atoms with Gasteiger partial charge in [-0.3, -0.25) is 4.79 Å². The molecule has 2 aromatic rings. The highest BCUT2D eigenvalue weighted by atomic mass is 16.1. The summed E-state index contributed by atoms with van der Waals surface area (Å²) < 4.78 is 0. The summed E-state index contributed by atoms with van der Waals surface area (Å²) in [5.74, 6) is -0.160. The van der Waals surface area contributed by atoms with Crippen LogP contribution in [0.15, 0.2) is 49.1 Å². The average molecular weight is 252 g/mol. The van der Waals surface area contributed by atoms with E-state index in [1.807, 2.05) is 37.3 Å². The smallest absolute Gasteiger partial charge is 0.187 e. The number of allylic oxidation sites excluding steroid dienone is 1. The van der Waals surface area contributed by atoms with E-state index in [1.165, 1.54) is 6.08 Å². The van der Waals surface area contributed by atoms with Crippen LogP contribution in [0.1, 0.15) is 15.9 Å². The highest BCUT2D eigenvalue weighted by Gasteiger charge is 2.14. The van der Waals surface area contributed by atoms with E-state index in [4.69, 9.17) is 11.5 Å². The molecule has 0 radical (unpaired) electrons. The molecule has 0 atom stereocenters. The topological polar surface area (TPSA) is 69.1 Å². The lowest BCUT2D eigenvalue weighted by Gasteiger charge is -2.12. The molecule has 4 N–H and O–H groups in total. The predicted octanol–water partition coefficient (Wildman–Crippen LogP) is 3.20. The maximum absolute atomic E-state index is 11.9. The van der Waals surface area contributed by atoms with Crippen molar-refractivity contribution in [1.82, 2.24) is 0 Å². The molecule has 96 valence electrons. The van der Waals surface area contributed by atoms with E-state index >= 15 is 0 Å². The third kappa shape index (κ3) is 2.36. The van der Waals surface area contributed by atoms with Gasteiger partial charge in [0.05, 0.1) is 0 Å². The van der Waals surface area contributed by atoms with Gasteiger partial charge in [-0.2, -0.15) is 0 Å². The molecule has 0 aliphatic heterocycles. The highest BCUT2D eigenvalue weighted by molar-refractivity contribution is 6.10. The second-order valence-electron chi connectivity index (χ2n) is 4.39. The fourth-order valence-electron chi connectivity index (χ4n) is 2.14. The molecule has 0 aliphatic rings. The summed E-state index contributed by atoms with van der Waals surface area (Å²) in [5, 5.41) is 0. The van der Waals surface area contributed by atoms with Gasteiger partial charge in [-0.15, -0.1) is 0 Å². The van der Waals surface area contributed by atoms with E-state index in [-0.39, 0.29) is 5.78 Å². The minimum absolute atomic E-state index is 0.160. The lowest BCUT2D eigenvalue weighted by molar-refractivity contribution is 0.104. The van der Waals surface area contributed by atoms with Gasteiger partial charge < -0.3 is 11.5 Å². The number of carbonyl (C=O) groups is 1. The van der Waals surface area contributed by atoms with Gasteiger partial charge in [0.1, 0.15) is 0 Å². The quantitative estimate of drug-likeness (QED) is 0.500. The first kappa shape index (κ1) is 12.9. The first-order chi connectivity index (χ1) is 9.04. The maximum Gasteiger partial charge on any atom is 0.187 e. The van der Waals surface area contributed by atoms with Crippen molar-refractivity contribution in [2.24, 2.45) is 0 Å². The number of nitrogen functional groups attached to an aromatic ring is 2. The van der Waals surface area contributed by atoms with Crippen LogP contribution in [0, 0.1) is 6.92 Å². The predicted molar refractivity (Wildman–Crippen MR) is 80.0 cm³/mol. The molecule has 2 aromatic carbocycles. The van der Waals surface area contributed by atoms with Crippen molar-refractivity contribution in [3.63, 3.8) is 0 Å². The van der Waals surface area contributed by atoms with Crippen molar-refractivity contribution < 1.29 is 4.79 Å². The molecule has 0 unspecified atom stereocenters. The number of ketones is 1. The number of hydrogen-bond acceptors (Lipinski definition) is 3. The zero-order valence-electron chi connectivity index (χ0n) is 10.8. The Morgan fingerprint density at radius 3 is 2.32 bits per heavy atom. The Hall–Kier alpha value is -2.55. The second-order valence-corrected chi connectivity index (χ2v) is 4.39. The van der Waals surface area contributed by atoms with Crippen LogP contribution in [0.4, 0.5) is 11.4 Å². The maximum atomic E-state index is 11.9. The van der Waals surface area contributed by atoms with Gasteiger partial charge in [-0.05, 0) is 47.9 Å². The molecule has 0 fully saturated rings. The molecule has 0 bridgehead atoms. The van der Waals surface area contributed by atoms with Crippen molar-refractivity contribution in [2.45, 2.75) is 6.92 Å². The van der Waals surface area contributed by atoms with Gasteiger partial charge >= 0.3 is 0 Å². The van der Waals surface area contributed by atoms with E-state index in [2.05, 4.69) is 6.58 Å². The number of nitrogens with two attached hydrogens (primary N) is 2. The van der Waals surface area contributed by atoms with Crippen LogP contribution < -0.4 is 11.5 Å². The lowest BCUT2D eigenvalue weighted by Crippen LogP contribution is -2.04. The molecular weight excluding hydrogens is 236 g/mol. The van der Waals surface area contributed by atoms with Crippen LogP contribution in [0.2, 0.25) is 0 Å². The zero-order valence-corrected chi connectivity index (χ0v) is 10.8. The molecular formula is C16H16N2O. The SMILES string of the molecule is C=CC(=O)c1c(N)ccc(-c2ccc(N)cc2)c1C. The van der Waals surface area contributed by atoms with Crippen LogP contribution in [0.3, 0.4) is 0 Å². The van der Waals surface area contributed by atoms with Crippen molar-refractivity contribution in [3.05, 3.63) is 60.2 Å². The van der Waals surface area contributed by atoms with Gasteiger partial charge in [-0.25, -0.2) is 0 Å². The number of benzene rings is 2. The summed E-state index contributed by atoms with van der Waals surface area (Å²) in [6.45, 7) is 5.40. The first-order valence-electron chi connectivity index (χ1n) is 5.96. The van der Waals surface area contributed by atoms with Gasteiger partial charge in [-0.1, -0.05) is 24.8 Å². The monoisotopic (exact) mass is 252 g/mol. The standard InChI is InChI=1S/C16H16N2O/c1-3-15(19)16-10(2)13(8-9-14(16)18)11-4-6-12(17)7-5-11/h3-9H,1,17-18H2,2H3. The minimum Gasteiger partial charge on any atom is -0.399 e. The minimum atomic E-state index is -0.160. The zero-order chi connectivity index (χ0) is 14.0.